The Morgan fingerprint density at radius 3 is 2.50 bits per heavy atom. The smallest absolute Gasteiger partial charge is 0.264 e. The van der Waals surface area contributed by atoms with E-state index in [1.807, 2.05) is 6.07 Å². The average Bonchev–Trinajstić information content (AvgIpc) is 2.68. The van der Waals surface area contributed by atoms with E-state index in [4.69, 9.17) is 0 Å². The van der Waals surface area contributed by atoms with Crippen molar-refractivity contribution in [3.05, 3.63) is 58.6 Å². The molecule has 0 amide bonds. The molecule has 0 fully saturated rings. The van der Waals surface area contributed by atoms with Gasteiger partial charge in [0.2, 0.25) is 0 Å². The normalized spacial score (nSPS) is 18.6. The molecular weight excluding hydrogens is 366 g/mol. The number of rotatable bonds is 2. The van der Waals surface area contributed by atoms with Gasteiger partial charge in [0.25, 0.3) is 10.0 Å². The first kappa shape index (κ1) is 15.5. The average molecular weight is 382 g/mol. The first-order valence-corrected chi connectivity index (χ1v) is 9.29. The van der Waals surface area contributed by atoms with Crippen LogP contribution in [0.25, 0.3) is 0 Å². The van der Waals surface area contributed by atoms with E-state index in [1.165, 1.54) is 4.31 Å². The first-order chi connectivity index (χ1) is 10.5. The molecule has 0 spiro atoms. The van der Waals surface area contributed by atoms with Crippen LogP contribution in [0.5, 0.6) is 0 Å². The van der Waals surface area contributed by atoms with Gasteiger partial charge < -0.3 is 5.11 Å². The highest BCUT2D eigenvalue weighted by Crippen LogP contribution is 2.35. The van der Waals surface area contributed by atoms with Crippen molar-refractivity contribution >= 4 is 31.6 Å². The van der Waals surface area contributed by atoms with Gasteiger partial charge in [-0.15, -0.1) is 0 Å². The highest BCUT2D eigenvalue weighted by molar-refractivity contribution is 9.10. The standard InChI is InChI=1S/C16H16BrNO3S/c17-12-7-9-13(10-8-12)22(20,21)18-11-3-6-16(19)14-4-1-2-5-15(14)18/h1-2,4-5,7-10,16,19H,3,6,11H2/t16-/m1/s1. The number of sulfonamides is 1. The molecule has 0 radical (unpaired) electrons. The summed E-state index contributed by atoms with van der Waals surface area (Å²) >= 11 is 3.31. The molecule has 0 unspecified atom stereocenters. The van der Waals surface area contributed by atoms with E-state index in [2.05, 4.69) is 15.9 Å². The second kappa shape index (κ2) is 6.02. The molecule has 116 valence electrons. The Bertz CT molecular complexity index is 774. The lowest BCUT2D eigenvalue weighted by atomic mass is 10.1. The van der Waals surface area contributed by atoms with Crippen molar-refractivity contribution in [1.82, 2.24) is 0 Å². The van der Waals surface area contributed by atoms with Crippen LogP contribution in [-0.4, -0.2) is 20.1 Å². The summed E-state index contributed by atoms with van der Waals surface area (Å²) in [6, 6.07) is 13.7. The molecule has 0 saturated heterocycles. The molecule has 22 heavy (non-hydrogen) atoms. The Balaban J connectivity index is 2.10. The third-order valence-electron chi connectivity index (χ3n) is 3.80. The van der Waals surface area contributed by atoms with Gasteiger partial charge in [-0.05, 0) is 43.2 Å². The van der Waals surface area contributed by atoms with Gasteiger partial charge in [-0.2, -0.15) is 0 Å². The minimum atomic E-state index is -3.64. The maximum Gasteiger partial charge on any atom is 0.264 e. The Kier molecular flexibility index (Phi) is 4.25. The number of para-hydroxylation sites is 1. The van der Waals surface area contributed by atoms with E-state index >= 15 is 0 Å². The van der Waals surface area contributed by atoms with E-state index in [1.54, 1.807) is 42.5 Å². The van der Waals surface area contributed by atoms with Gasteiger partial charge in [-0.1, -0.05) is 34.1 Å². The molecule has 3 rings (SSSR count). The number of fused-ring (bicyclic) bond motifs is 1. The molecule has 0 bridgehead atoms. The zero-order valence-corrected chi connectivity index (χ0v) is 14.2. The van der Waals surface area contributed by atoms with Crippen LogP contribution in [0.2, 0.25) is 0 Å². The summed E-state index contributed by atoms with van der Waals surface area (Å²) in [4.78, 5) is 0.252. The number of aliphatic hydroxyl groups is 1. The number of halogens is 1. The van der Waals surface area contributed by atoms with Crippen molar-refractivity contribution in [1.29, 1.82) is 0 Å². The second-order valence-electron chi connectivity index (χ2n) is 5.25. The zero-order valence-electron chi connectivity index (χ0n) is 11.8. The first-order valence-electron chi connectivity index (χ1n) is 7.05. The summed E-state index contributed by atoms with van der Waals surface area (Å²) in [6.45, 7) is 0.368. The SMILES string of the molecule is O=S(=O)(c1ccc(Br)cc1)N1CCC[C@@H](O)c2ccccc21. The van der Waals surface area contributed by atoms with Crippen LogP contribution in [0.4, 0.5) is 5.69 Å². The number of hydrogen-bond acceptors (Lipinski definition) is 3. The zero-order chi connectivity index (χ0) is 15.7. The van der Waals surface area contributed by atoms with Crippen LogP contribution >= 0.6 is 15.9 Å². The topological polar surface area (TPSA) is 57.6 Å². The second-order valence-corrected chi connectivity index (χ2v) is 8.03. The van der Waals surface area contributed by atoms with Crippen molar-refractivity contribution in [2.24, 2.45) is 0 Å². The minimum absolute atomic E-state index is 0.252. The van der Waals surface area contributed by atoms with Crippen LogP contribution < -0.4 is 4.31 Å². The maximum atomic E-state index is 12.9. The Morgan fingerprint density at radius 2 is 1.77 bits per heavy atom. The minimum Gasteiger partial charge on any atom is -0.388 e. The van der Waals surface area contributed by atoms with E-state index in [-0.39, 0.29) is 4.90 Å². The number of hydrogen-bond donors (Lipinski definition) is 1. The van der Waals surface area contributed by atoms with Crippen LogP contribution in [-0.2, 0) is 10.0 Å². The molecule has 0 aromatic heterocycles. The summed E-state index contributed by atoms with van der Waals surface area (Å²) in [6.07, 6.45) is 0.552. The van der Waals surface area contributed by atoms with Gasteiger partial charge in [0.05, 0.1) is 16.7 Å². The van der Waals surface area contributed by atoms with E-state index < -0.39 is 16.1 Å². The largest absolute Gasteiger partial charge is 0.388 e. The highest BCUT2D eigenvalue weighted by Gasteiger charge is 2.30. The van der Waals surface area contributed by atoms with E-state index in [9.17, 15) is 13.5 Å². The Morgan fingerprint density at radius 1 is 1.09 bits per heavy atom. The molecule has 2 aromatic carbocycles. The van der Waals surface area contributed by atoms with Gasteiger partial charge in [0.15, 0.2) is 0 Å². The molecule has 2 aromatic rings. The third-order valence-corrected chi connectivity index (χ3v) is 6.16. The monoisotopic (exact) mass is 381 g/mol. The lowest BCUT2D eigenvalue weighted by Crippen LogP contribution is -2.31. The molecule has 1 aliphatic rings. The molecule has 0 saturated carbocycles. The van der Waals surface area contributed by atoms with Crippen molar-refractivity contribution in [3.63, 3.8) is 0 Å². The number of anilines is 1. The Hall–Kier alpha value is -1.37. The molecular formula is C16H16BrNO3S. The van der Waals surface area contributed by atoms with Gasteiger partial charge in [-0.25, -0.2) is 8.42 Å². The van der Waals surface area contributed by atoms with Gasteiger partial charge in [0.1, 0.15) is 0 Å². The fraction of sp³-hybridized carbons (Fsp3) is 0.250. The van der Waals surface area contributed by atoms with Crippen molar-refractivity contribution in [2.75, 3.05) is 10.8 Å². The predicted octanol–water partition coefficient (Wildman–Crippen LogP) is 3.47. The van der Waals surface area contributed by atoms with Crippen molar-refractivity contribution < 1.29 is 13.5 Å². The summed E-state index contributed by atoms with van der Waals surface area (Å²) < 4.78 is 28.1. The highest BCUT2D eigenvalue weighted by atomic mass is 79.9. The molecule has 0 aliphatic carbocycles. The van der Waals surface area contributed by atoms with Gasteiger partial charge in [-0.3, -0.25) is 4.31 Å². The summed E-state index contributed by atoms with van der Waals surface area (Å²) in [5.41, 5.74) is 1.23. The van der Waals surface area contributed by atoms with Crippen molar-refractivity contribution in [3.8, 4) is 0 Å². The lowest BCUT2D eigenvalue weighted by Gasteiger charge is -2.24. The third kappa shape index (κ3) is 2.78. The summed E-state index contributed by atoms with van der Waals surface area (Å²) in [7, 11) is -3.64. The molecule has 1 N–H and O–H groups in total. The van der Waals surface area contributed by atoms with Crippen LogP contribution in [0.15, 0.2) is 57.9 Å². The molecule has 1 heterocycles. The van der Waals surface area contributed by atoms with Crippen molar-refractivity contribution in [2.45, 2.75) is 23.8 Å². The predicted molar refractivity (Wildman–Crippen MR) is 89.3 cm³/mol. The van der Waals surface area contributed by atoms with E-state index in [0.717, 1.165) is 4.47 Å². The lowest BCUT2D eigenvalue weighted by molar-refractivity contribution is 0.168. The summed E-state index contributed by atoms with van der Waals surface area (Å²) in [5.74, 6) is 0. The number of nitrogens with zero attached hydrogens (tertiary/aromatic N) is 1. The fourth-order valence-corrected chi connectivity index (χ4v) is 4.48. The molecule has 1 aliphatic heterocycles. The van der Waals surface area contributed by atoms with Crippen LogP contribution in [0, 0.1) is 0 Å². The van der Waals surface area contributed by atoms with Gasteiger partial charge >= 0.3 is 0 Å². The molecule has 6 heteroatoms. The Labute approximate surface area is 138 Å². The quantitative estimate of drug-likeness (QED) is 0.866. The van der Waals surface area contributed by atoms with E-state index in [0.29, 0.717) is 30.6 Å². The number of benzene rings is 2. The van der Waals surface area contributed by atoms with Crippen LogP contribution in [0.1, 0.15) is 24.5 Å². The molecule has 1 atom stereocenters. The fourth-order valence-electron chi connectivity index (χ4n) is 2.68. The summed E-state index contributed by atoms with van der Waals surface area (Å²) in [5, 5.41) is 10.2. The van der Waals surface area contributed by atoms with Gasteiger partial charge in [0, 0.05) is 16.6 Å². The van der Waals surface area contributed by atoms with Crippen LogP contribution in [0.3, 0.4) is 0 Å². The maximum absolute atomic E-state index is 12.9. The molecule has 4 nitrogen and oxygen atoms in total. The number of aliphatic hydroxyl groups excluding tert-OH is 1.